The van der Waals surface area contributed by atoms with E-state index in [2.05, 4.69) is 27.3 Å². The predicted octanol–water partition coefficient (Wildman–Crippen LogP) is 5.32. The van der Waals surface area contributed by atoms with Crippen molar-refractivity contribution in [3.05, 3.63) is 43.7 Å². The summed E-state index contributed by atoms with van der Waals surface area (Å²) in [5, 5.41) is 13.4. The third-order valence-corrected chi connectivity index (χ3v) is 6.03. The first-order chi connectivity index (χ1) is 12.1. The lowest BCUT2D eigenvalue weighted by atomic mass is 10.1. The number of anilines is 1. The van der Waals surface area contributed by atoms with Gasteiger partial charge >= 0.3 is 0 Å². The molecule has 0 bridgehead atoms. The van der Waals surface area contributed by atoms with Crippen LogP contribution in [-0.2, 0) is 17.6 Å². The summed E-state index contributed by atoms with van der Waals surface area (Å²) in [5.41, 5.74) is 1.72. The lowest BCUT2D eigenvalue weighted by Gasteiger charge is -2.08. The molecule has 7 heteroatoms. The van der Waals surface area contributed by atoms with Crippen LogP contribution in [0.3, 0.4) is 0 Å². The van der Waals surface area contributed by atoms with Crippen LogP contribution in [0.2, 0.25) is 5.02 Å². The van der Waals surface area contributed by atoms with E-state index in [-0.39, 0.29) is 12.5 Å². The Hall–Kier alpha value is -1.55. The van der Waals surface area contributed by atoms with E-state index in [0.717, 1.165) is 35.7 Å². The van der Waals surface area contributed by atoms with E-state index >= 15 is 0 Å². The molecule has 1 aromatic heterocycles. The highest BCUT2D eigenvalue weighted by Gasteiger charge is 2.21. The monoisotopic (exact) mass is 438 g/mol. The second kappa shape index (κ2) is 8.22. The zero-order valence-electron chi connectivity index (χ0n) is 13.4. The molecule has 2 aromatic rings. The molecule has 1 amide bonds. The zero-order chi connectivity index (χ0) is 17.8. The van der Waals surface area contributed by atoms with Gasteiger partial charge in [0.05, 0.1) is 10.6 Å². The number of carbonyl (C=O) groups excluding carboxylic acids is 1. The summed E-state index contributed by atoms with van der Waals surface area (Å²) in [6.07, 6.45) is 5.31. The van der Waals surface area contributed by atoms with Crippen LogP contribution in [0.5, 0.6) is 5.75 Å². The van der Waals surface area contributed by atoms with E-state index in [1.54, 1.807) is 18.2 Å². The molecule has 0 unspecified atom stereocenters. The Labute approximate surface area is 163 Å². The number of halogens is 2. The first-order valence-corrected chi connectivity index (χ1v) is 9.99. The summed E-state index contributed by atoms with van der Waals surface area (Å²) in [6, 6.07) is 7.46. The predicted molar refractivity (Wildman–Crippen MR) is 104 cm³/mol. The molecule has 1 aromatic carbocycles. The summed E-state index contributed by atoms with van der Waals surface area (Å²) in [5.74, 6) is 0.148. The maximum atomic E-state index is 12.2. The summed E-state index contributed by atoms with van der Waals surface area (Å²) in [7, 11) is 0. The summed E-state index contributed by atoms with van der Waals surface area (Å²) in [6.45, 7) is -0.158. The van der Waals surface area contributed by atoms with Crippen molar-refractivity contribution in [3.8, 4) is 11.8 Å². The van der Waals surface area contributed by atoms with E-state index in [1.165, 1.54) is 22.6 Å². The Kier molecular flexibility index (Phi) is 6.00. The van der Waals surface area contributed by atoms with Gasteiger partial charge in [-0.05, 0) is 49.4 Å². The van der Waals surface area contributed by atoms with E-state index < -0.39 is 0 Å². The van der Waals surface area contributed by atoms with E-state index in [0.29, 0.717) is 21.3 Å². The number of nitriles is 1. The third-order valence-electron chi connectivity index (χ3n) is 4.04. The van der Waals surface area contributed by atoms with Crippen molar-refractivity contribution in [2.75, 3.05) is 11.9 Å². The molecule has 1 aliphatic carbocycles. The topological polar surface area (TPSA) is 62.1 Å². The number of benzene rings is 1. The molecule has 0 spiro atoms. The molecule has 3 rings (SSSR count). The number of rotatable bonds is 4. The molecular weight excluding hydrogens is 424 g/mol. The summed E-state index contributed by atoms with van der Waals surface area (Å²) in [4.78, 5) is 13.4. The molecule has 0 radical (unpaired) electrons. The van der Waals surface area contributed by atoms with Gasteiger partial charge in [-0.25, -0.2) is 0 Å². The van der Waals surface area contributed by atoms with Crippen LogP contribution in [0.25, 0.3) is 0 Å². The maximum Gasteiger partial charge on any atom is 0.262 e. The van der Waals surface area contributed by atoms with Gasteiger partial charge in [0.2, 0.25) is 0 Å². The molecule has 0 atom stereocenters. The average Bonchev–Trinajstić information content (AvgIpc) is 2.74. The number of hydrogen-bond donors (Lipinski definition) is 1. The molecule has 25 heavy (non-hydrogen) atoms. The van der Waals surface area contributed by atoms with Crippen LogP contribution in [-0.4, -0.2) is 12.5 Å². The average molecular weight is 440 g/mol. The minimum atomic E-state index is -0.299. The molecule has 0 saturated heterocycles. The lowest BCUT2D eigenvalue weighted by Crippen LogP contribution is -2.20. The number of carbonyl (C=O) groups is 1. The van der Waals surface area contributed by atoms with Crippen LogP contribution in [0.4, 0.5) is 5.00 Å². The highest BCUT2D eigenvalue weighted by Crippen LogP contribution is 2.37. The number of amides is 1. The van der Waals surface area contributed by atoms with Gasteiger partial charge in [-0.15, -0.1) is 11.3 Å². The number of nitrogens with zero attached hydrogens (tertiary/aromatic N) is 1. The van der Waals surface area contributed by atoms with Crippen LogP contribution in [0.1, 0.15) is 35.3 Å². The Balaban J connectivity index is 1.68. The molecule has 0 aliphatic heterocycles. The highest BCUT2D eigenvalue weighted by molar-refractivity contribution is 9.10. The van der Waals surface area contributed by atoms with Gasteiger partial charge in [-0.3, -0.25) is 4.79 Å². The second-order valence-corrected chi connectivity index (χ2v) is 8.22. The number of thiophene rings is 1. The quantitative estimate of drug-likeness (QED) is 0.656. The Morgan fingerprint density at radius 1 is 1.36 bits per heavy atom. The van der Waals surface area contributed by atoms with E-state index in [1.807, 2.05) is 0 Å². The minimum absolute atomic E-state index is 0.158. The molecule has 1 heterocycles. The Morgan fingerprint density at radius 2 is 2.16 bits per heavy atom. The number of ether oxygens (including phenoxy) is 1. The molecule has 4 nitrogen and oxygen atoms in total. The number of nitrogens with one attached hydrogen (secondary N) is 1. The van der Waals surface area contributed by atoms with Crippen molar-refractivity contribution < 1.29 is 9.53 Å². The van der Waals surface area contributed by atoms with Gasteiger partial charge in [0.15, 0.2) is 6.61 Å². The smallest absolute Gasteiger partial charge is 0.262 e. The van der Waals surface area contributed by atoms with Gasteiger partial charge in [0.25, 0.3) is 5.91 Å². The van der Waals surface area contributed by atoms with Crippen LogP contribution >= 0.6 is 38.9 Å². The fourth-order valence-corrected chi connectivity index (χ4v) is 4.83. The lowest BCUT2D eigenvalue weighted by molar-refractivity contribution is -0.118. The second-order valence-electron chi connectivity index (χ2n) is 5.79. The highest BCUT2D eigenvalue weighted by atomic mass is 79.9. The fraction of sp³-hybridized carbons (Fsp3) is 0.333. The van der Waals surface area contributed by atoms with Gasteiger partial charge in [-0.2, -0.15) is 5.26 Å². The van der Waals surface area contributed by atoms with Crippen LogP contribution < -0.4 is 10.1 Å². The Morgan fingerprint density at radius 3 is 2.92 bits per heavy atom. The van der Waals surface area contributed by atoms with Crippen LogP contribution in [0.15, 0.2) is 22.7 Å². The molecule has 0 fully saturated rings. The largest absolute Gasteiger partial charge is 0.482 e. The number of aryl methyl sites for hydroxylation is 1. The molecular formula is C18H16BrClN2O2S. The van der Waals surface area contributed by atoms with Gasteiger partial charge in [0, 0.05) is 9.35 Å². The first kappa shape index (κ1) is 18.2. The summed E-state index contributed by atoms with van der Waals surface area (Å²) < 4.78 is 6.32. The summed E-state index contributed by atoms with van der Waals surface area (Å²) >= 11 is 10.9. The van der Waals surface area contributed by atoms with Crippen molar-refractivity contribution >= 4 is 49.8 Å². The maximum absolute atomic E-state index is 12.2. The van der Waals surface area contributed by atoms with Crippen molar-refractivity contribution in [1.82, 2.24) is 0 Å². The fourth-order valence-electron chi connectivity index (χ4n) is 2.85. The van der Waals surface area contributed by atoms with Crippen molar-refractivity contribution in [2.24, 2.45) is 0 Å². The van der Waals surface area contributed by atoms with E-state index in [9.17, 15) is 10.1 Å². The zero-order valence-corrected chi connectivity index (χ0v) is 16.6. The SMILES string of the molecule is N#Cc1c(NC(=O)COc2ccc(Br)cc2Cl)sc2c1CCCCC2. The van der Waals surface area contributed by atoms with Gasteiger partial charge in [0.1, 0.15) is 16.8 Å². The molecule has 1 aliphatic rings. The molecule has 0 saturated carbocycles. The standard InChI is InChI=1S/C18H16BrClN2O2S/c19-11-6-7-15(14(20)8-11)24-10-17(23)22-18-13(9-21)12-4-2-1-3-5-16(12)25-18/h6-8H,1-5,10H2,(H,22,23). The van der Waals surface area contributed by atoms with Gasteiger partial charge < -0.3 is 10.1 Å². The molecule has 1 N–H and O–H groups in total. The van der Waals surface area contributed by atoms with Crippen molar-refractivity contribution in [2.45, 2.75) is 32.1 Å². The van der Waals surface area contributed by atoms with Crippen LogP contribution in [0, 0.1) is 11.3 Å². The molecule has 130 valence electrons. The van der Waals surface area contributed by atoms with E-state index in [4.69, 9.17) is 16.3 Å². The number of hydrogen-bond acceptors (Lipinski definition) is 4. The van der Waals surface area contributed by atoms with Gasteiger partial charge in [-0.1, -0.05) is 34.0 Å². The van der Waals surface area contributed by atoms with Crippen molar-refractivity contribution in [3.63, 3.8) is 0 Å². The van der Waals surface area contributed by atoms with Crippen molar-refractivity contribution in [1.29, 1.82) is 5.26 Å². The number of fused-ring (bicyclic) bond motifs is 1. The first-order valence-electron chi connectivity index (χ1n) is 8.01. The minimum Gasteiger partial charge on any atom is -0.482 e. The Bertz CT molecular complexity index is 844. The normalized spacial score (nSPS) is 13.5. The third kappa shape index (κ3) is 4.35.